The van der Waals surface area contributed by atoms with E-state index in [2.05, 4.69) is 30.4 Å². The second-order valence-corrected chi connectivity index (χ2v) is 5.23. The summed E-state index contributed by atoms with van der Waals surface area (Å²) in [5.74, 6) is 0. The van der Waals surface area contributed by atoms with Gasteiger partial charge in [-0.15, -0.1) is 0 Å². The Bertz CT molecular complexity index is 654. The molecule has 2 nitrogen and oxygen atoms in total. The molecule has 1 unspecified atom stereocenters. The molecule has 0 heterocycles. The van der Waals surface area contributed by atoms with E-state index in [9.17, 15) is 0 Å². The largest absolute Gasteiger partial charge is 0.399 e. The summed E-state index contributed by atoms with van der Waals surface area (Å²) >= 11 is 0. The lowest BCUT2D eigenvalue weighted by atomic mass is 9.82. The van der Waals surface area contributed by atoms with Crippen molar-refractivity contribution in [3.05, 3.63) is 84.0 Å². The van der Waals surface area contributed by atoms with Crippen molar-refractivity contribution in [2.75, 3.05) is 5.73 Å². The maximum Gasteiger partial charge on any atom is 0.0633 e. The summed E-state index contributed by atoms with van der Waals surface area (Å²) in [7, 11) is 0. The zero-order valence-electron chi connectivity index (χ0n) is 11.3. The highest BCUT2D eigenvalue weighted by molar-refractivity contribution is 5.76. The van der Waals surface area contributed by atoms with Crippen molar-refractivity contribution in [1.82, 2.24) is 0 Å². The third-order valence-electron chi connectivity index (χ3n) is 3.78. The number of hydrogen-bond acceptors (Lipinski definition) is 2. The van der Waals surface area contributed by atoms with E-state index in [0.29, 0.717) is 0 Å². The summed E-state index contributed by atoms with van der Waals surface area (Å²) in [6, 6.07) is 18.1. The highest BCUT2D eigenvalue weighted by atomic mass is 14.7. The van der Waals surface area contributed by atoms with Gasteiger partial charge in [-0.1, -0.05) is 60.7 Å². The molecule has 0 aliphatic heterocycles. The lowest BCUT2D eigenvalue weighted by Crippen LogP contribution is -2.34. The summed E-state index contributed by atoms with van der Waals surface area (Å²) < 4.78 is 0. The number of anilines is 1. The van der Waals surface area contributed by atoms with Crippen LogP contribution in [0.4, 0.5) is 5.69 Å². The third-order valence-corrected chi connectivity index (χ3v) is 3.78. The molecular weight excluding hydrogens is 244 g/mol. The molecule has 1 atom stereocenters. The van der Waals surface area contributed by atoms with Crippen molar-refractivity contribution in [2.24, 2.45) is 5.73 Å². The van der Waals surface area contributed by atoms with Crippen LogP contribution in [0.3, 0.4) is 0 Å². The Kier molecular flexibility index (Phi) is 3.17. The van der Waals surface area contributed by atoms with Crippen molar-refractivity contribution in [1.29, 1.82) is 0 Å². The van der Waals surface area contributed by atoms with E-state index in [4.69, 9.17) is 11.5 Å². The van der Waals surface area contributed by atoms with E-state index < -0.39 is 5.54 Å². The summed E-state index contributed by atoms with van der Waals surface area (Å²) in [6.07, 6.45) is 7.18. The molecule has 0 saturated heterocycles. The molecule has 2 aromatic rings. The van der Waals surface area contributed by atoms with Crippen LogP contribution in [-0.2, 0) is 5.54 Å². The van der Waals surface area contributed by atoms with E-state index in [0.717, 1.165) is 17.7 Å². The van der Waals surface area contributed by atoms with Gasteiger partial charge in [0, 0.05) is 5.69 Å². The van der Waals surface area contributed by atoms with Crippen molar-refractivity contribution in [2.45, 2.75) is 12.0 Å². The number of benzene rings is 2. The Hall–Kier alpha value is -2.32. The average molecular weight is 262 g/mol. The molecule has 0 saturated carbocycles. The Morgan fingerprint density at radius 2 is 1.60 bits per heavy atom. The predicted molar refractivity (Wildman–Crippen MR) is 84.9 cm³/mol. The van der Waals surface area contributed by atoms with Crippen molar-refractivity contribution in [3.8, 4) is 0 Å². The highest BCUT2D eigenvalue weighted by Crippen LogP contribution is 2.32. The Labute approximate surface area is 119 Å². The first-order chi connectivity index (χ1) is 9.67. The van der Waals surface area contributed by atoms with Crippen LogP contribution in [0.1, 0.15) is 17.5 Å². The molecular formula is C18H18N2. The molecule has 0 radical (unpaired) electrons. The fourth-order valence-electron chi connectivity index (χ4n) is 2.51. The van der Waals surface area contributed by atoms with Crippen molar-refractivity contribution >= 4 is 11.3 Å². The summed E-state index contributed by atoms with van der Waals surface area (Å²) in [4.78, 5) is 0. The standard InChI is InChI=1S/C18H18N2/c19-17-8-6-14(7-9-17)15-10-12-18(20,13-11-15)16-4-2-1-3-5-16/h1-12H,13,19-20H2. The molecule has 1 aliphatic carbocycles. The van der Waals surface area contributed by atoms with Crippen LogP contribution in [0.2, 0.25) is 0 Å². The molecule has 100 valence electrons. The molecule has 20 heavy (non-hydrogen) atoms. The molecule has 0 bridgehead atoms. The first-order valence-corrected chi connectivity index (χ1v) is 6.77. The first kappa shape index (κ1) is 12.7. The lowest BCUT2D eigenvalue weighted by molar-refractivity contribution is 0.567. The van der Waals surface area contributed by atoms with Gasteiger partial charge < -0.3 is 11.5 Å². The van der Waals surface area contributed by atoms with Gasteiger partial charge in [0.05, 0.1) is 5.54 Å². The normalized spacial score (nSPS) is 21.6. The second kappa shape index (κ2) is 4.99. The van der Waals surface area contributed by atoms with Crippen LogP contribution in [0.5, 0.6) is 0 Å². The van der Waals surface area contributed by atoms with Crippen LogP contribution in [0.15, 0.2) is 72.8 Å². The van der Waals surface area contributed by atoms with E-state index in [1.807, 2.05) is 42.5 Å². The smallest absolute Gasteiger partial charge is 0.0633 e. The van der Waals surface area contributed by atoms with Gasteiger partial charge in [-0.05, 0) is 35.3 Å². The SMILES string of the molecule is Nc1ccc(C2=CCC(N)(c3ccccc3)C=C2)cc1. The van der Waals surface area contributed by atoms with Gasteiger partial charge in [0.1, 0.15) is 0 Å². The number of rotatable bonds is 2. The molecule has 0 spiro atoms. The van der Waals surface area contributed by atoms with E-state index >= 15 is 0 Å². The van der Waals surface area contributed by atoms with E-state index in [-0.39, 0.29) is 0 Å². The van der Waals surface area contributed by atoms with Crippen LogP contribution in [0.25, 0.3) is 5.57 Å². The summed E-state index contributed by atoms with van der Waals surface area (Å²) in [5.41, 5.74) is 16.1. The van der Waals surface area contributed by atoms with Crippen LogP contribution in [-0.4, -0.2) is 0 Å². The molecule has 0 fully saturated rings. The Morgan fingerprint density at radius 1 is 0.900 bits per heavy atom. The zero-order valence-corrected chi connectivity index (χ0v) is 11.3. The zero-order chi connectivity index (χ0) is 14.0. The number of nitrogens with two attached hydrogens (primary N) is 2. The van der Waals surface area contributed by atoms with Crippen LogP contribution >= 0.6 is 0 Å². The minimum absolute atomic E-state index is 0.404. The topological polar surface area (TPSA) is 52.0 Å². The average Bonchev–Trinajstić information content (AvgIpc) is 2.50. The molecule has 4 N–H and O–H groups in total. The van der Waals surface area contributed by atoms with Gasteiger partial charge >= 0.3 is 0 Å². The predicted octanol–water partition coefficient (Wildman–Crippen LogP) is 3.47. The van der Waals surface area contributed by atoms with Crippen LogP contribution < -0.4 is 11.5 Å². The monoisotopic (exact) mass is 262 g/mol. The van der Waals surface area contributed by atoms with Crippen molar-refractivity contribution < 1.29 is 0 Å². The van der Waals surface area contributed by atoms with Gasteiger partial charge in [-0.25, -0.2) is 0 Å². The first-order valence-electron chi connectivity index (χ1n) is 6.77. The van der Waals surface area contributed by atoms with E-state index in [1.54, 1.807) is 0 Å². The van der Waals surface area contributed by atoms with Gasteiger partial charge in [0.2, 0.25) is 0 Å². The molecule has 2 heteroatoms. The maximum atomic E-state index is 6.49. The summed E-state index contributed by atoms with van der Waals surface area (Å²) in [6.45, 7) is 0. The van der Waals surface area contributed by atoms with Gasteiger partial charge in [0.25, 0.3) is 0 Å². The lowest BCUT2D eigenvalue weighted by Gasteiger charge is -2.28. The Balaban J connectivity index is 1.85. The minimum Gasteiger partial charge on any atom is -0.399 e. The van der Waals surface area contributed by atoms with Crippen LogP contribution in [0, 0.1) is 0 Å². The quantitative estimate of drug-likeness (QED) is 0.814. The van der Waals surface area contributed by atoms with E-state index in [1.165, 1.54) is 11.1 Å². The Morgan fingerprint density at radius 3 is 2.20 bits per heavy atom. The fourth-order valence-corrected chi connectivity index (χ4v) is 2.51. The van der Waals surface area contributed by atoms with Gasteiger partial charge in [-0.2, -0.15) is 0 Å². The molecule has 2 aromatic carbocycles. The minimum atomic E-state index is -0.404. The van der Waals surface area contributed by atoms with Gasteiger partial charge in [0.15, 0.2) is 0 Å². The maximum absolute atomic E-state index is 6.49. The molecule has 0 aromatic heterocycles. The summed E-state index contributed by atoms with van der Waals surface area (Å²) in [5, 5.41) is 0. The number of hydrogen-bond donors (Lipinski definition) is 2. The highest BCUT2D eigenvalue weighted by Gasteiger charge is 2.25. The van der Waals surface area contributed by atoms with Gasteiger partial charge in [-0.3, -0.25) is 0 Å². The fraction of sp³-hybridized carbons (Fsp3) is 0.111. The number of allylic oxidation sites excluding steroid dienone is 2. The second-order valence-electron chi connectivity index (χ2n) is 5.23. The molecule has 3 rings (SSSR count). The molecule has 0 amide bonds. The molecule has 1 aliphatic rings. The third kappa shape index (κ3) is 2.38. The number of nitrogen functional groups attached to an aromatic ring is 1. The van der Waals surface area contributed by atoms with Crippen molar-refractivity contribution in [3.63, 3.8) is 0 Å².